The summed E-state index contributed by atoms with van der Waals surface area (Å²) >= 11 is 17.2. The molecule has 2 unspecified atom stereocenters. The fraction of sp³-hybridized carbons (Fsp3) is 0.333. The van der Waals surface area contributed by atoms with Gasteiger partial charge in [-0.25, -0.2) is 0 Å². The van der Waals surface area contributed by atoms with E-state index in [1.807, 2.05) is 0 Å². The van der Waals surface area contributed by atoms with Crippen LogP contribution in [-0.4, -0.2) is 22.2 Å². The number of carbonyl (C=O) groups is 2. The van der Waals surface area contributed by atoms with Gasteiger partial charge in [0.2, 0.25) is 0 Å². The fourth-order valence-corrected chi connectivity index (χ4v) is 2.23. The minimum atomic E-state index is -1.80. The molecular formula is C9H7Cl3O4. The van der Waals surface area contributed by atoms with Crippen molar-refractivity contribution in [2.75, 3.05) is 0 Å². The van der Waals surface area contributed by atoms with Crippen molar-refractivity contribution in [2.45, 2.75) is 6.92 Å². The summed E-state index contributed by atoms with van der Waals surface area (Å²) in [5, 5.41) is 17.6. The first-order chi connectivity index (χ1) is 7.22. The van der Waals surface area contributed by atoms with E-state index in [-0.39, 0.29) is 15.1 Å². The number of aliphatic carboxylic acids is 2. The third kappa shape index (κ3) is 1.81. The molecule has 0 aromatic rings. The van der Waals surface area contributed by atoms with E-state index in [1.165, 1.54) is 6.92 Å². The van der Waals surface area contributed by atoms with Gasteiger partial charge in [0, 0.05) is 0 Å². The van der Waals surface area contributed by atoms with Gasteiger partial charge >= 0.3 is 11.9 Å². The largest absolute Gasteiger partial charge is 0.481 e. The molecule has 1 aliphatic carbocycles. The summed E-state index contributed by atoms with van der Waals surface area (Å²) < 4.78 is 0. The topological polar surface area (TPSA) is 74.6 Å². The molecule has 2 atom stereocenters. The van der Waals surface area contributed by atoms with Gasteiger partial charge in [-0.1, -0.05) is 34.8 Å². The smallest absolute Gasteiger partial charge is 0.316 e. The van der Waals surface area contributed by atoms with Gasteiger partial charge in [0.1, 0.15) is 5.41 Å². The first-order valence-corrected chi connectivity index (χ1v) is 5.26. The molecule has 0 aromatic carbocycles. The number of carboxylic acids is 2. The summed E-state index contributed by atoms with van der Waals surface area (Å²) in [6.07, 6.45) is 1.08. The second-order valence-electron chi connectivity index (χ2n) is 3.47. The van der Waals surface area contributed by atoms with Crippen LogP contribution in [0, 0.1) is 11.3 Å². The van der Waals surface area contributed by atoms with Crippen LogP contribution in [0.2, 0.25) is 0 Å². The molecule has 0 saturated heterocycles. The average Bonchev–Trinajstić information content (AvgIpc) is 2.19. The zero-order chi connectivity index (χ0) is 12.7. The summed E-state index contributed by atoms with van der Waals surface area (Å²) in [6, 6.07) is 0. The third-order valence-corrected chi connectivity index (χ3v) is 3.99. The van der Waals surface area contributed by atoms with Crippen LogP contribution in [0.1, 0.15) is 6.92 Å². The van der Waals surface area contributed by atoms with Gasteiger partial charge in [0.05, 0.1) is 21.0 Å². The minimum absolute atomic E-state index is 0.0576. The zero-order valence-electron chi connectivity index (χ0n) is 8.00. The third-order valence-electron chi connectivity index (χ3n) is 2.50. The summed E-state index contributed by atoms with van der Waals surface area (Å²) in [5.41, 5.74) is -1.80. The van der Waals surface area contributed by atoms with Crippen LogP contribution in [-0.2, 0) is 9.59 Å². The molecule has 0 aromatic heterocycles. The Labute approximate surface area is 106 Å². The lowest BCUT2D eigenvalue weighted by atomic mass is 9.74. The van der Waals surface area contributed by atoms with Crippen LogP contribution in [0.5, 0.6) is 0 Å². The number of halogens is 3. The van der Waals surface area contributed by atoms with E-state index < -0.39 is 23.3 Å². The predicted octanol–water partition coefficient (Wildman–Crippen LogP) is 2.60. The second-order valence-corrected chi connectivity index (χ2v) is 4.63. The van der Waals surface area contributed by atoms with E-state index in [4.69, 9.17) is 45.0 Å². The van der Waals surface area contributed by atoms with Crippen LogP contribution >= 0.6 is 34.8 Å². The molecule has 0 bridgehead atoms. The Morgan fingerprint density at radius 1 is 1.31 bits per heavy atom. The molecular weight excluding hydrogens is 278 g/mol. The molecule has 0 fully saturated rings. The lowest BCUT2D eigenvalue weighted by Crippen LogP contribution is -2.41. The molecule has 0 heterocycles. The zero-order valence-corrected chi connectivity index (χ0v) is 10.3. The summed E-state index contributed by atoms with van der Waals surface area (Å²) in [4.78, 5) is 22.1. The molecule has 4 nitrogen and oxygen atoms in total. The Morgan fingerprint density at radius 3 is 2.19 bits per heavy atom. The van der Waals surface area contributed by atoms with Crippen LogP contribution in [0.4, 0.5) is 0 Å². The minimum Gasteiger partial charge on any atom is -0.481 e. The van der Waals surface area contributed by atoms with Gasteiger partial charge in [0.25, 0.3) is 0 Å². The maximum Gasteiger partial charge on any atom is 0.316 e. The van der Waals surface area contributed by atoms with E-state index in [0.717, 1.165) is 6.08 Å². The number of allylic oxidation sites excluding steroid dienone is 2. The summed E-state index contributed by atoms with van der Waals surface area (Å²) in [5.74, 6) is -4.05. The van der Waals surface area contributed by atoms with Crippen molar-refractivity contribution >= 4 is 46.7 Å². The standard InChI is InChI=1S/C9H7Cl3O4/c1-9(8(15)16)3(7(13)14)2-4(10)5(11)6(9)12/h2-3H,1H3,(H,13,14)(H,15,16). The van der Waals surface area contributed by atoms with Crippen molar-refractivity contribution in [1.82, 2.24) is 0 Å². The molecule has 88 valence electrons. The fourth-order valence-electron chi connectivity index (χ4n) is 1.40. The van der Waals surface area contributed by atoms with Crippen molar-refractivity contribution < 1.29 is 19.8 Å². The highest BCUT2D eigenvalue weighted by Crippen LogP contribution is 2.48. The Bertz CT molecular complexity index is 426. The number of hydrogen-bond donors (Lipinski definition) is 2. The van der Waals surface area contributed by atoms with E-state index >= 15 is 0 Å². The van der Waals surface area contributed by atoms with Gasteiger partial charge in [-0.15, -0.1) is 0 Å². The van der Waals surface area contributed by atoms with Crippen molar-refractivity contribution in [3.63, 3.8) is 0 Å². The number of carboxylic acid groups (broad SMARTS) is 2. The maximum absolute atomic E-state index is 11.1. The van der Waals surface area contributed by atoms with Gasteiger partial charge in [-0.05, 0) is 13.0 Å². The quantitative estimate of drug-likeness (QED) is 0.818. The molecule has 2 N–H and O–H groups in total. The molecule has 0 saturated carbocycles. The molecule has 0 amide bonds. The van der Waals surface area contributed by atoms with Crippen molar-refractivity contribution in [3.8, 4) is 0 Å². The Balaban J connectivity index is 3.44. The Kier molecular flexibility index (Phi) is 3.57. The normalized spacial score (nSPS) is 30.0. The lowest BCUT2D eigenvalue weighted by molar-refractivity contribution is -0.156. The van der Waals surface area contributed by atoms with Gasteiger partial charge in [-0.3, -0.25) is 9.59 Å². The molecule has 0 spiro atoms. The van der Waals surface area contributed by atoms with Crippen molar-refractivity contribution in [3.05, 3.63) is 21.2 Å². The van der Waals surface area contributed by atoms with Gasteiger partial charge in [-0.2, -0.15) is 0 Å². The Hall–Kier alpha value is -0.710. The molecule has 0 aliphatic heterocycles. The van der Waals surface area contributed by atoms with Crippen LogP contribution in [0.15, 0.2) is 21.2 Å². The second kappa shape index (κ2) is 4.28. The van der Waals surface area contributed by atoms with E-state index in [2.05, 4.69) is 0 Å². The first kappa shape index (κ1) is 13.4. The first-order valence-electron chi connectivity index (χ1n) is 4.12. The van der Waals surface area contributed by atoms with E-state index in [9.17, 15) is 9.59 Å². The highest BCUT2D eigenvalue weighted by molar-refractivity contribution is 6.49. The van der Waals surface area contributed by atoms with E-state index in [1.54, 1.807) is 0 Å². The van der Waals surface area contributed by atoms with Crippen molar-refractivity contribution in [2.24, 2.45) is 11.3 Å². The summed E-state index contributed by atoms with van der Waals surface area (Å²) in [7, 11) is 0. The average molecular weight is 286 g/mol. The number of hydrogen-bond acceptors (Lipinski definition) is 2. The monoisotopic (exact) mass is 284 g/mol. The molecule has 0 radical (unpaired) electrons. The lowest BCUT2D eigenvalue weighted by Gasteiger charge is -2.32. The molecule has 1 aliphatic rings. The molecule has 16 heavy (non-hydrogen) atoms. The molecule has 7 heteroatoms. The SMILES string of the molecule is CC1(C(=O)O)C(Cl)=C(Cl)C(Cl)=CC1C(=O)O. The highest BCUT2D eigenvalue weighted by atomic mass is 35.5. The predicted molar refractivity (Wildman–Crippen MR) is 59.5 cm³/mol. The highest BCUT2D eigenvalue weighted by Gasteiger charge is 2.51. The van der Waals surface area contributed by atoms with Crippen LogP contribution in [0.3, 0.4) is 0 Å². The number of rotatable bonds is 2. The van der Waals surface area contributed by atoms with Crippen LogP contribution in [0.25, 0.3) is 0 Å². The van der Waals surface area contributed by atoms with E-state index in [0.29, 0.717) is 0 Å². The van der Waals surface area contributed by atoms with Crippen molar-refractivity contribution in [1.29, 1.82) is 0 Å². The van der Waals surface area contributed by atoms with Crippen LogP contribution < -0.4 is 0 Å². The molecule has 1 rings (SSSR count). The maximum atomic E-state index is 11.1. The van der Waals surface area contributed by atoms with Gasteiger partial charge in [0.15, 0.2) is 0 Å². The Morgan fingerprint density at radius 2 is 1.81 bits per heavy atom. The van der Waals surface area contributed by atoms with Gasteiger partial charge < -0.3 is 10.2 Å². The summed E-state index contributed by atoms with van der Waals surface area (Å²) in [6.45, 7) is 1.19.